The van der Waals surface area contributed by atoms with Gasteiger partial charge in [-0.25, -0.2) is 12.8 Å². The van der Waals surface area contributed by atoms with Crippen molar-refractivity contribution in [3.8, 4) is 0 Å². The molecule has 1 rings (SSSR count). The average Bonchev–Trinajstić information content (AvgIpc) is 2.04. The van der Waals surface area contributed by atoms with Gasteiger partial charge >= 0.3 is 6.18 Å². The Morgan fingerprint density at radius 2 is 1.81 bits per heavy atom. The molecule has 0 aliphatic carbocycles. The van der Waals surface area contributed by atoms with Crippen LogP contribution in [0.5, 0.6) is 0 Å². The Kier molecular flexibility index (Phi) is 3.13. The highest BCUT2D eigenvalue weighted by atomic mass is 32.2. The van der Waals surface area contributed by atoms with Gasteiger partial charge in [0.2, 0.25) is 10.0 Å². The molecule has 0 aliphatic rings. The van der Waals surface area contributed by atoms with Crippen LogP contribution < -0.4 is 4.72 Å². The molecule has 16 heavy (non-hydrogen) atoms. The molecular weight excluding hydrogens is 250 g/mol. The Balaban J connectivity index is 3.18. The normalized spacial score (nSPS) is 12.6. The van der Waals surface area contributed by atoms with Crippen molar-refractivity contribution in [2.75, 3.05) is 11.0 Å². The quantitative estimate of drug-likeness (QED) is 0.826. The third-order valence-corrected chi connectivity index (χ3v) is 2.18. The fourth-order valence-corrected chi connectivity index (χ4v) is 1.58. The van der Waals surface area contributed by atoms with Crippen molar-refractivity contribution in [3.63, 3.8) is 0 Å². The number of rotatable bonds is 2. The van der Waals surface area contributed by atoms with Gasteiger partial charge in [0.1, 0.15) is 5.82 Å². The second-order valence-electron chi connectivity index (χ2n) is 3.07. The van der Waals surface area contributed by atoms with Crippen molar-refractivity contribution in [1.29, 1.82) is 0 Å². The van der Waals surface area contributed by atoms with E-state index in [1.807, 2.05) is 4.72 Å². The molecule has 0 amide bonds. The average molecular weight is 257 g/mol. The number of hydrogen-bond acceptors (Lipinski definition) is 2. The van der Waals surface area contributed by atoms with Crippen LogP contribution in [-0.2, 0) is 16.2 Å². The van der Waals surface area contributed by atoms with E-state index in [1.165, 1.54) is 0 Å². The zero-order valence-corrected chi connectivity index (χ0v) is 8.79. The molecule has 0 unspecified atom stereocenters. The molecule has 3 nitrogen and oxygen atoms in total. The molecule has 0 spiro atoms. The van der Waals surface area contributed by atoms with Crippen molar-refractivity contribution in [2.45, 2.75) is 6.18 Å². The molecule has 8 heteroatoms. The van der Waals surface area contributed by atoms with Gasteiger partial charge in [0.15, 0.2) is 0 Å². The second-order valence-corrected chi connectivity index (χ2v) is 4.82. The van der Waals surface area contributed by atoms with Gasteiger partial charge in [-0.05, 0) is 18.2 Å². The van der Waals surface area contributed by atoms with Crippen LogP contribution >= 0.6 is 0 Å². The highest BCUT2D eigenvalue weighted by molar-refractivity contribution is 7.92. The topological polar surface area (TPSA) is 46.2 Å². The number of benzene rings is 1. The molecular formula is C8H7F4NO2S. The van der Waals surface area contributed by atoms with Crippen molar-refractivity contribution < 1.29 is 26.0 Å². The molecule has 0 saturated carbocycles. The first-order valence-corrected chi connectivity index (χ1v) is 5.83. The van der Waals surface area contributed by atoms with Gasteiger partial charge in [-0.15, -0.1) is 0 Å². The summed E-state index contributed by atoms with van der Waals surface area (Å²) in [5.74, 6) is -1.45. The van der Waals surface area contributed by atoms with E-state index in [9.17, 15) is 26.0 Å². The molecule has 90 valence electrons. The first-order valence-electron chi connectivity index (χ1n) is 3.94. The molecule has 1 aromatic carbocycles. The van der Waals surface area contributed by atoms with Gasteiger partial charge < -0.3 is 0 Å². The Labute approximate surface area is 89.1 Å². The lowest BCUT2D eigenvalue weighted by molar-refractivity contribution is -0.139. The third kappa shape index (κ3) is 3.37. The van der Waals surface area contributed by atoms with Crippen LogP contribution in [0.2, 0.25) is 0 Å². The van der Waals surface area contributed by atoms with E-state index < -0.39 is 27.6 Å². The van der Waals surface area contributed by atoms with Crippen LogP contribution in [-0.4, -0.2) is 14.7 Å². The van der Waals surface area contributed by atoms with Gasteiger partial charge in [-0.2, -0.15) is 13.2 Å². The first kappa shape index (κ1) is 12.8. The zero-order valence-electron chi connectivity index (χ0n) is 7.97. The summed E-state index contributed by atoms with van der Waals surface area (Å²) in [6, 6.07) is 1.86. The van der Waals surface area contributed by atoms with E-state index in [2.05, 4.69) is 0 Å². The number of halogens is 4. The van der Waals surface area contributed by atoms with Crippen molar-refractivity contribution in [2.24, 2.45) is 0 Å². The summed E-state index contributed by atoms with van der Waals surface area (Å²) >= 11 is 0. The Morgan fingerprint density at radius 3 is 2.25 bits per heavy atom. The molecule has 0 heterocycles. The Hall–Kier alpha value is -1.31. The fraction of sp³-hybridized carbons (Fsp3) is 0.250. The number of anilines is 1. The molecule has 0 fully saturated rings. The standard InChI is InChI=1S/C8H7F4NO2S/c1-16(14,15)13-5-2-3-7(9)6(4-5)8(10,11)12/h2-4,13H,1H3. The van der Waals surface area contributed by atoms with Gasteiger partial charge in [0, 0.05) is 5.69 Å². The SMILES string of the molecule is CS(=O)(=O)Nc1ccc(F)c(C(F)(F)F)c1. The largest absolute Gasteiger partial charge is 0.419 e. The molecule has 1 aromatic rings. The number of sulfonamides is 1. The lowest BCUT2D eigenvalue weighted by Crippen LogP contribution is -2.12. The summed E-state index contributed by atoms with van der Waals surface area (Å²) in [4.78, 5) is 0. The minimum atomic E-state index is -4.86. The number of alkyl halides is 3. The second kappa shape index (κ2) is 3.93. The van der Waals surface area contributed by atoms with E-state index in [-0.39, 0.29) is 5.69 Å². The van der Waals surface area contributed by atoms with E-state index in [4.69, 9.17) is 0 Å². The maximum absolute atomic E-state index is 12.8. The van der Waals surface area contributed by atoms with Gasteiger partial charge in [-0.1, -0.05) is 0 Å². The van der Waals surface area contributed by atoms with Crippen LogP contribution in [0.3, 0.4) is 0 Å². The molecule has 0 radical (unpaired) electrons. The van der Waals surface area contributed by atoms with Crippen molar-refractivity contribution in [1.82, 2.24) is 0 Å². The summed E-state index contributed by atoms with van der Waals surface area (Å²) in [6.07, 6.45) is -4.08. The number of hydrogen-bond donors (Lipinski definition) is 1. The van der Waals surface area contributed by atoms with Crippen LogP contribution in [0.1, 0.15) is 5.56 Å². The maximum atomic E-state index is 12.8. The maximum Gasteiger partial charge on any atom is 0.419 e. The van der Waals surface area contributed by atoms with E-state index >= 15 is 0 Å². The van der Waals surface area contributed by atoms with Gasteiger partial charge in [-0.3, -0.25) is 4.72 Å². The summed E-state index contributed by atoms with van der Waals surface area (Å²) < 4.78 is 72.9. The number of nitrogens with one attached hydrogen (secondary N) is 1. The Morgan fingerprint density at radius 1 is 1.25 bits per heavy atom. The van der Waals surface area contributed by atoms with Gasteiger partial charge in [0.05, 0.1) is 11.8 Å². The lowest BCUT2D eigenvalue weighted by atomic mass is 10.2. The molecule has 0 atom stereocenters. The summed E-state index contributed by atoms with van der Waals surface area (Å²) in [5.41, 5.74) is -1.85. The third-order valence-electron chi connectivity index (χ3n) is 1.58. The predicted octanol–water partition coefficient (Wildman–Crippen LogP) is 2.22. The molecule has 0 aromatic heterocycles. The van der Waals surface area contributed by atoms with Crippen molar-refractivity contribution >= 4 is 15.7 Å². The minimum absolute atomic E-state index is 0.337. The lowest BCUT2D eigenvalue weighted by Gasteiger charge is -2.10. The van der Waals surface area contributed by atoms with Crippen molar-refractivity contribution in [3.05, 3.63) is 29.6 Å². The smallest absolute Gasteiger partial charge is 0.284 e. The molecule has 1 N–H and O–H groups in total. The molecule has 0 aliphatic heterocycles. The van der Waals surface area contributed by atoms with E-state index in [1.54, 1.807) is 0 Å². The molecule has 0 saturated heterocycles. The highest BCUT2D eigenvalue weighted by Gasteiger charge is 2.34. The van der Waals surface area contributed by atoms with Crippen LogP contribution in [0.4, 0.5) is 23.2 Å². The van der Waals surface area contributed by atoms with Crippen LogP contribution in [0, 0.1) is 5.82 Å². The van der Waals surface area contributed by atoms with Crippen LogP contribution in [0.25, 0.3) is 0 Å². The summed E-state index contributed by atoms with van der Waals surface area (Å²) in [5, 5.41) is 0. The van der Waals surface area contributed by atoms with E-state index in [0.29, 0.717) is 12.1 Å². The highest BCUT2D eigenvalue weighted by Crippen LogP contribution is 2.33. The first-order chi connectivity index (χ1) is 7.09. The monoisotopic (exact) mass is 257 g/mol. The Bertz CT molecular complexity index is 495. The molecule has 0 bridgehead atoms. The zero-order chi connectivity index (χ0) is 12.6. The minimum Gasteiger partial charge on any atom is -0.284 e. The predicted molar refractivity (Wildman–Crippen MR) is 49.9 cm³/mol. The van der Waals surface area contributed by atoms with Gasteiger partial charge in [0.25, 0.3) is 0 Å². The summed E-state index contributed by atoms with van der Waals surface area (Å²) in [6.45, 7) is 0. The fourth-order valence-electron chi connectivity index (χ4n) is 1.02. The summed E-state index contributed by atoms with van der Waals surface area (Å²) in [7, 11) is -3.69. The van der Waals surface area contributed by atoms with Crippen LogP contribution in [0.15, 0.2) is 18.2 Å². The van der Waals surface area contributed by atoms with E-state index in [0.717, 1.165) is 12.3 Å².